The lowest BCUT2D eigenvalue weighted by atomic mass is 10.1. The number of piperazine rings is 1. The normalized spacial score (nSPS) is 16.1. The summed E-state index contributed by atoms with van der Waals surface area (Å²) in [6.07, 6.45) is 2.97. The van der Waals surface area contributed by atoms with Gasteiger partial charge in [0.05, 0.1) is 18.6 Å². The minimum absolute atomic E-state index is 0.0303. The van der Waals surface area contributed by atoms with Crippen molar-refractivity contribution < 1.29 is 9.53 Å². The summed E-state index contributed by atoms with van der Waals surface area (Å²) in [4.78, 5) is 30.4. The number of hydrogen-bond donors (Lipinski definition) is 2. The van der Waals surface area contributed by atoms with Gasteiger partial charge in [0.25, 0.3) is 0 Å². The van der Waals surface area contributed by atoms with E-state index in [1.54, 1.807) is 11.2 Å². The van der Waals surface area contributed by atoms with Crippen molar-refractivity contribution in [1.82, 2.24) is 30.0 Å². The number of nitrogens with zero attached hydrogens (tertiary/aromatic N) is 7. The number of rotatable bonds is 6. The SMILES string of the molecule is C=CC(=O)N1CCN(c2ccc(Nc3ccc(-c4cc5c(N6CCOCC6)ncnc5[nH]4)cc3)nn2)CC1. The van der Waals surface area contributed by atoms with Gasteiger partial charge in [0.2, 0.25) is 5.91 Å². The van der Waals surface area contributed by atoms with Crippen molar-refractivity contribution in [2.24, 2.45) is 0 Å². The Balaban J connectivity index is 1.11. The molecule has 2 saturated heterocycles. The summed E-state index contributed by atoms with van der Waals surface area (Å²) in [5, 5.41) is 13.1. The molecular formula is C27H29N9O2. The van der Waals surface area contributed by atoms with Crippen molar-refractivity contribution in [3.63, 3.8) is 0 Å². The van der Waals surface area contributed by atoms with Gasteiger partial charge in [-0.2, -0.15) is 0 Å². The highest BCUT2D eigenvalue weighted by atomic mass is 16.5. The molecule has 0 spiro atoms. The van der Waals surface area contributed by atoms with Gasteiger partial charge in [0, 0.05) is 50.6 Å². The highest BCUT2D eigenvalue weighted by molar-refractivity contribution is 5.92. The second-order valence-electron chi connectivity index (χ2n) is 9.24. The van der Waals surface area contributed by atoms with E-state index in [1.807, 2.05) is 24.3 Å². The third kappa shape index (κ3) is 4.88. The molecule has 0 saturated carbocycles. The second kappa shape index (κ2) is 10.5. The predicted molar refractivity (Wildman–Crippen MR) is 147 cm³/mol. The van der Waals surface area contributed by atoms with Crippen LogP contribution in [-0.2, 0) is 9.53 Å². The van der Waals surface area contributed by atoms with E-state index in [1.165, 1.54) is 6.08 Å². The third-order valence-electron chi connectivity index (χ3n) is 6.92. The molecule has 2 aliphatic rings. The van der Waals surface area contributed by atoms with Crippen LogP contribution in [0.15, 0.2) is 61.4 Å². The van der Waals surface area contributed by atoms with E-state index < -0.39 is 0 Å². The molecule has 2 aliphatic heterocycles. The minimum Gasteiger partial charge on any atom is -0.378 e. The number of H-pyrrole nitrogens is 1. The van der Waals surface area contributed by atoms with Gasteiger partial charge >= 0.3 is 0 Å². The maximum atomic E-state index is 11.8. The van der Waals surface area contributed by atoms with Gasteiger partial charge < -0.3 is 29.7 Å². The summed E-state index contributed by atoms with van der Waals surface area (Å²) < 4.78 is 5.49. The molecule has 1 aromatic carbocycles. The first kappa shape index (κ1) is 23.9. The van der Waals surface area contributed by atoms with E-state index in [2.05, 4.69) is 65.0 Å². The van der Waals surface area contributed by atoms with Crippen LogP contribution in [0.4, 0.5) is 23.1 Å². The number of carbonyl (C=O) groups is 1. The number of morpholine rings is 1. The molecule has 11 heteroatoms. The molecular weight excluding hydrogens is 482 g/mol. The van der Waals surface area contributed by atoms with Crippen LogP contribution in [0.1, 0.15) is 0 Å². The van der Waals surface area contributed by atoms with Gasteiger partial charge in [-0.25, -0.2) is 9.97 Å². The van der Waals surface area contributed by atoms with Crippen LogP contribution >= 0.6 is 0 Å². The van der Waals surface area contributed by atoms with Gasteiger partial charge in [0.15, 0.2) is 11.6 Å². The Hall–Kier alpha value is -4.51. The summed E-state index contributed by atoms with van der Waals surface area (Å²) in [6, 6.07) is 14.1. The number of carbonyl (C=O) groups excluding carboxylic acids is 1. The fourth-order valence-electron chi connectivity index (χ4n) is 4.84. The number of amides is 1. The van der Waals surface area contributed by atoms with Crippen molar-refractivity contribution in [2.75, 3.05) is 67.6 Å². The number of aromatic amines is 1. The first-order chi connectivity index (χ1) is 18.7. The summed E-state index contributed by atoms with van der Waals surface area (Å²) in [7, 11) is 0. The largest absolute Gasteiger partial charge is 0.378 e. The zero-order chi connectivity index (χ0) is 25.9. The molecule has 0 atom stereocenters. The van der Waals surface area contributed by atoms with Gasteiger partial charge in [-0.1, -0.05) is 18.7 Å². The zero-order valence-electron chi connectivity index (χ0n) is 21.0. The Bertz CT molecular complexity index is 1420. The van der Waals surface area contributed by atoms with Crippen LogP contribution in [0.25, 0.3) is 22.3 Å². The van der Waals surface area contributed by atoms with E-state index in [9.17, 15) is 4.79 Å². The topological polar surface area (TPSA) is 115 Å². The molecule has 5 heterocycles. The Morgan fingerprint density at radius 2 is 1.74 bits per heavy atom. The summed E-state index contributed by atoms with van der Waals surface area (Å²) in [5.41, 5.74) is 3.78. The fourth-order valence-corrected chi connectivity index (χ4v) is 4.84. The lowest BCUT2D eigenvalue weighted by Crippen LogP contribution is -2.48. The van der Waals surface area contributed by atoms with E-state index in [0.717, 1.165) is 65.8 Å². The van der Waals surface area contributed by atoms with E-state index in [0.29, 0.717) is 32.1 Å². The minimum atomic E-state index is -0.0303. The molecule has 1 amide bonds. The number of hydrogen-bond acceptors (Lipinski definition) is 9. The molecule has 0 radical (unpaired) electrons. The van der Waals surface area contributed by atoms with Crippen LogP contribution < -0.4 is 15.1 Å². The Labute approximate surface area is 220 Å². The summed E-state index contributed by atoms with van der Waals surface area (Å²) in [5.74, 6) is 2.37. The number of nitrogens with one attached hydrogen (secondary N) is 2. The maximum Gasteiger partial charge on any atom is 0.246 e. The van der Waals surface area contributed by atoms with Crippen molar-refractivity contribution in [3.05, 3.63) is 61.4 Å². The van der Waals surface area contributed by atoms with E-state index >= 15 is 0 Å². The lowest BCUT2D eigenvalue weighted by molar-refractivity contribution is -0.126. The van der Waals surface area contributed by atoms with Gasteiger partial charge in [0.1, 0.15) is 17.8 Å². The second-order valence-corrected chi connectivity index (χ2v) is 9.24. The molecule has 11 nitrogen and oxygen atoms in total. The molecule has 194 valence electrons. The molecule has 0 bridgehead atoms. The molecule has 3 aromatic heterocycles. The zero-order valence-corrected chi connectivity index (χ0v) is 21.0. The monoisotopic (exact) mass is 511 g/mol. The summed E-state index contributed by atoms with van der Waals surface area (Å²) in [6.45, 7) is 9.36. The maximum absolute atomic E-state index is 11.8. The molecule has 38 heavy (non-hydrogen) atoms. The molecule has 2 N–H and O–H groups in total. The molecule has 0 aliphatic carbocycles. The quantitative estimate of drug-likeness (QED) is 0.377. The van der Waals surface area contributed by atoms with Gasteiger partial charge in [-0.3, -0.25) is 4.79 Å². The standard InChI is InChI=1S/C27H29N9O2/c1-2-25(37)35-11-9-34(10-12-35)24-8-7-23(32-33-24)30-20-5-3-19(4-6-20)22-17-21-26(31-22)28-18-29-27(21)36-13-15-38-16-14-36/h2-8,17-18H,1,9-16H2,(H,30,32)(H,28,29,31). The average molecular weight is 512 g/mol. The number of ether oxygens (including phenoxy) is 1. The Morgan fingerprint density at radius 1 is 0.947 bits per heavy atom. The van der Waals surface area contributed by atoms with Gasteiger partial charge in [-0.05, 0) is 42.0 Å². The van der Waals surface area contributed by atoms with Crippen LogP contribution in [-0.4, -0.2) is 88.4 Å². The van der Waals surface area contributed by atoms with E-state index in [4.69, 9.17) is 4.74 Å². The molecule has 0 unspecified atom stereocenters. The molecule has 6 rings (SSSR count). The van der Waals surface area contributed by atoms with Crippen molar-refractivity contribution in [2.45, 2.75) is 0 Å². The Morgan fingerprint density at radius 3 is 2.45 bits per heavy atom. The first-order valence-corrected chi connectivity index (χ1v) is 12.7. The van der Waals surface area contributed by atoms with Crippen LogP contribution in [0.2, 0.25) is 0 Å². The fraction of sp³-hybridized carbons (Fsp3) is 0.296. The average Bonchev–Trinajstić information content (AvgIpc) is 3.43. The lowest BCUT2D eigenvalue weighted by Gasteiger charge is -2.34. The van der Waals surface area contributed by atoms with Crippen LogP contribution in [0.5, 0.6) is 0 Å². The predicted octanol–water partition coefficient (Wildman–Crippen LogP) is 2.83. The number of fused-ring (bicyclic) bond motifs is 1. The highest BCUT2D eigenvalue weighted by Gasteiger charge is 2.21. The highest BCUT2D eigenvalue weighted by Crippen LogP contribution is 2.30. The van der Waals surface area contributed by atoms with Gasteiger partial charge in [-0.15, -0.1) is 10.2 Å². The van der Waals surface area contributed by atoms with Crippen LogP contribution in [0, 0.1) is 0 Å². The van der Waals surface area contributed by atoms with Crippen molar-refractivity contribution >= 4 is 40.1 Å². The number of benzene rings is 1. The number of anilines is 4. The van der Waals surface area contributed by atoms with Crippen molar-refractivity contribution in [3.8, 4) is 11.3 Å². The first-order valence-electron chi connectivity index (χ1n) is 12.7. The van der Waals surface area contributed by atoms with Crippen LogP contribution in [0.3, 0.4) is 0 Å². The summed E-state index contributed by atoms with van der Waals surface area (Å²) >= 11 is 0. The third-order valence-corrected chi connectivity index (χ3v) is 6.92. The molecule has 4 aromatic rings. The Kier molecular flexibility index (Phi) is 6.57. The smallest absolute Gasteiger partial charge is 0.246 e. The number of aromatic nitrogens is 5. The molecule has 2 fully saturated rings. The van der Waals surface area contributed by atoms with E-state index in [-0.39, 0.29) is 5.91 Å². The van der Waals surface area contributed by atoms with Crippen molar-refractivity contribution in [1.29, 1.82) is 0 Å².